The number of benzene rings is 2. The highest BCUT2D eigenvalue weighted by Gasteiger charge is 2.43. The van der Waals surface area contributed by atoms with Crippen molar-refractivity contribution in [2.45, 2.75) is 130 Å². The van der Waals surface area contributed by atoms with Crippen LogP contribution in [0.3, 0.4) is 0 Å². The zero-order chi connectivity index (χ0) is 45.6. The van der Waals surface area contributed by atoms with E-state index in [-0.39, 0.29) is 48.3 Å². The van der Waals surface area contributed by atoms with E-state index in [1.807, 2.05) is 108 Å². The Morgan fingerprint density at radius 1 is 0.836 bits per heavy atom. The van der Waals surface area contributed by atoms with Crippen molar-refractivity contribution in [1.82, 2.24) is 25.3 Å². The summed E-state index contributed by atoms with van der Waals surface area (Å²) >= 11 is 0. The Balaban J connectivity index is 1.78. The van der Waals surface area contributed by atoms with Crippen molar-refractivity contribution in [3.63, 3.8) is 0 Å². The Morgan fingerprint density at radius 3 is 2.00 bits per heavy atom. The Hall–Kier alpha value is -4.53. The second-order valence-corrected chi connectivity index (χ2v) is 17.4. The van der Waals surface area contributed by atoms with E-state index in [2.05, 4.69) is 10.6 Å². The SMILES string of the molecule is CCC(C)C(C(CC(=O)N1CCCC1C(OC)C(C)C(=O)NC(Cc1ccccc1)C(=O)O)OC)N(C)C(=O)C(NC(=O)C(C(C)C)N(C)Cc1ccc(OC)cc1)C(C)C. The van der Waals surface area contributed by atoms with Crippen LogP contribution in [0.25, 0.3) is 0 Å². The summed E-state index contributed by atoms with van der Waals surface area (Å²) in [7, 11) is 8.28. The first-order valence-electron chi connectivity index (χ1n) is 21.7. The van der Waals surface area contributed by atoms with E-state index < -0.39 is 60.2 Å². The number of nitrogens with zero attached hydrogens (tertiary/aromatic N) is 3. The third-order valence-electron chi connectivity index (χ3n) is 12.4. The van der Waals surface area contributed by atoms with Crippen LogP contribution >= 0.6 is 0 Å². The van der Waals surface area contributed by atoms with Gasteiger partial charge in [0.25, 0.3) is 0 Å². The predicted octanol–water partition coefficient (Wildman–Crippen LogP) is 5.02. The number of ether oxygens (including phenoxy) is 3. The van der Waals surface area contributed by atoms with Gasteiger partial charge in [0.15, 0.2) is 0 Å². The van der Waals surface area contributed by atoms with E-state index in [0.717, 1.165) is 16.9 Å². The molecular weight excluding hydrogens is 779 g/mol. The first-order chi connectivity index (χ1) is 28.9. The fraction of sp³-hybridized carbons (Fsp3) is 0.638. The molecule has 340 valence electrons. The predicted molar refractivity (Wildman–Crippen MR) is 236 cm³/mol. The van der Waals surface area contributed by atoms with Crippen molar-refractivity contribution >= 4 is 29.6 Å². The van der Waals surface area contributed by atoms with Crippen LogP contribution in [-0.4, -0.2) is 134 Å². The van der Waals surface area contributed by atoms with E-state index >= 15 is 0 Å². The molecule has 61 heavy (non-hydrogen) atoms. The largest absolute Gasteiger partial charge is 0.497 e. The van der Waals surface area contributed by atoms with Gasteiger partial charge >= 0.3 is 5.97 Å². The Morgan fingerprint density at radius 2 is 1.48 bits per heavy atom. The Labute approximate surface area is 364 Å². The first kappa shape index (κ1) is 50.8. The van der Waals surface area contributed by atoms with E-state index in [1.54, 1.807) is 38.0 Å². The molecule has 1 aliphatic rings. The number of hydrogen-bond acceptors (Lipinski definition) is 9. The summed E-state index contributed by atoms with van der Waals surface area (Å²) in [5.41, 5.74) is 1.80. The summed E-state index contributed by atoms with van der Waals surface area (Å²) in [5.74, 6) is -2.70. The summed E-state index contributed by atoms with van der Waals surface area (Å²) in [6.07, 6.45) is 0.708. The van der Waals surface area contributed by atoms with Gasteiger partial charge in [0.05, 0.1) is 49.8 Å². The number of carbonyl (C=O) groups is 5. The van der Waals surface area contributed by atoms with Gasteiger partial charge in [0.2, 0.25) is 23.6 Å². The minimum atomic E-state index is -1.14. The van der Waals surface area contributed by atoms with E-state index in [1.165, 1.54) is 7.11 Å². The molecule has 0 bridgehead atoms. The second-order valence-electron chi connectivity index (χ2n) is 17.4. The number of aliphatic carboxylic acids is 1. The van der Waals surface area contributed by atoms with Gasteiger partial charge in [-0.25, -0.2) is 4.79 Å². The molecule has 1 fully saturated rings. The lowest BCUT2D eigenvalue weighted by molar-refractivity contribution is -0.148. The second kappa shape index (κ2) is 24.2. The monoisotopic (exact) mass is 852 g/mol. The topological polar surface area (TPSA) is 167 Å². The molecule has 0 aromatic heterocycles. The summed E-state index contributed by atoms with van der Waals surface area (Å²) < 4.78 is 17.3. The summed E-state index contributed by atoms with van der Waals surface area (Å²) in [6, 6.07) is 13.4. The quantitative estimate of drug-likeness (QED) is 0.131. The maximum Gasteiger partial charge on any atom is 0.326 e. The zero-order valence-electron chi connectivity index (χ0n) is 38.6. The smallest absolute Gasteiger partial charge is 0.326 e. The third-order valence-corrected chi connectivity index (χ3v) is 12.4. The summed E-state index contributed by atoms with van der Waals surface area (Å²) in [6.45, 7) is 14.5. The average Bonchev–Trinajstić information content (AvgIpc) is 3.72. The van der Waals surface area contributed by atoms with Crippen LogP contribution < -0.4 is 15.4 Å². The minimum absolute atomic E-state index is 0.0287. The van der Waals surface area contributed by atoms with E-state index in [4.69, 9.17) is 14.2 Å². The number of nitrogens with one attached hydrogen (secondary N) is 2. The number of rotatable bonds is 24. The lowest BCUT2D eigenvalue weighted by Crippen LogP contribution is -2.60. The molecule has 1 heterocycles. The maximum atomic E-state index is 14.5. The molecule has 0 saturated carbocycles. The molecule has 2 aromatic carbocycles. The van der Waals surface area contributed by atoms with Crippen LogP contribution in [0, 0.1) is 23.7 Å². The van der Waals surface area contributed by atoms with Crippen molar-refractivity contribution in [3.05, 3.63) is 65.7 Å². The molecule has 14 nitrogen and oxygen atoms in total. The van der Waals surface area contributed by atoms with Crippen LogP contribution in [0.1, 0.15) is 85.3 Å². The van der Waals surface area contributed by atoms with E-state index in [0.29, 0.717) is 32.4 Å². The molecule has 0 spiro atoms. The van der Waals surface area contributed by atoms with Gasteiger partial charge in [-0.15, -0.1) is 0 Å². The molecular formula is C47H73N5O9. The Bertz CT molecular complexity index is 1710. The number of likely N-dealkylation sites (N-methyl/N-ethyl adjacent to an activating group) is 2. The van der Waals surface area contributed by atoms with Gasteiger partial charge < -0.3 is 39.8 Å². The third kappa shape index (κ3) is 13.7. The Kier molecular flexibility index (Phi) is 20.2. The van der Waals surface area contributed by atoms with Crippen LogP contribution in [0.4, 0.5) is 0 Å². The van der Waals surface area contributed by atoms with Crippen molar-refractivity contribution < 1.29 is 43.3 Å². The highest BCUT2D eigenvalue weighted by atomic mass is 16.5. The number of carboxylic acids is 1. The first-order valence-corrected chi connectivity index (χ1v) is 21.7. The summed E-state index contributed by atoms with van der Waals surface area (Å²) in [5, 5.41) is 15.7. The lowest BCUT2D eigenvalue weighted by Gasteiger charge is -2.41. The normalized spacial score (nSPS) is 18.1. The molecule has 1 aliphatic heterocycles. The molecule has 14 heteroatoms. The number of carboxylic acid groups (broad SMARTS) is 1. The van der Waals surface area contributed by atoms with Gasteiger partial charge in [-0.3, -0.25) is 24.1 Å². The molecule has 3 N–H and O–H groups in total. The number of methoxy groups -OCH3 is 3. The molecule has 9 atom stereocenters. The number of amides is 4. The van der Waals surface area contributed by atoms with Gasteiger partial charge in [-0.05, 0) is 60.9 Å². The van der Waals surface area contributed by atoms with Crippen LogP contribution in [0.2, 0.25) is 0 Å². The summed E-state index contributed by atoms with van der Waals surface area (Å²) in [4.78, 5) is 74.0. The van der Waals surface area contributed by atoms with E-state index in [9.17, 15) is 29.1 Å². The van der Waals surface area contributed by atoms with Crippen molar-refractivity contribution in [1.29, 1.82) is 0 Å². The standard InChI is InChI=1S/C47H73N5O9/c1-13-31(6)42(51(9)46(56)40(29(2)3)49-45(55)41(30(4)5)50(8)28-34-21-23-35(59-10)24-22-34)38(60-11)27-39(53)52-25-17-20-37(52)43(61-12)32(7)44(54)48-36(47(57)58)26-33-18-15-14-16-19-33/h14-16,18-19,21-24,29-32,36-38,40-43H,13,17,20,25-28H2,1-12H3,(H,48,54)(H,49,55)(H,57,58). The molecule has 1 saturated heterocycles. The van der Waals surface area contributed by atoms with Gasteiger partial charge in [-0.2, -0.15) is 0 Å². The highest BCUT2D eigenvalue weighted by Crippen LogP contribution is 2.30. The number of carbonyl (C=O) groups excluding carboxylic acids is 4. The van der Waals surface area contributed by atoms with Gasteiger partial charge in [0, 0.05) is 40.8 Å². The van der Waals surface area contributed by atoms with Crippen molar-refractivity contribution in [3.8, 4) is 5.75 Å². The fourth-order valence-corrected chi connectivity index (χ4v) is 8.76. The van der Waals surface area contributed by atoms with Crippen molar-refractivity contribution in [2.24, 2.45) is 23.7 Å². The zero-order valence-corrected chi connectivity index (χ0v) is 38.6. The minimum Gasteiger partial charge on any atom is -0.497 e. The molecule has 3 rings (SSSR count). The van der Waals surface area contributed by atoms with Crippen LogP contribution in [0.15, 0.2) is 54.6 Å². The maximum absolute atomic E-state index is 14.5. The van der Waals surface area contributed by atoms with Crippen molar-refractivity contribution in [2.75, 3.05) is 42.0 Å². The average molecular weight is 852 g/mol. The molecule has 4 amide bonds. The van der Waals surface area contributed by atoms with Gasteiger partial charge in [0.1, 0.15) is 17.8 Å². The molecule has 2 aromatic rings. The van der Waals surface area contributed by atoms with Crippen LogP contribution in [-0.2, 0) is 46.4 Å². The molecule has 0 aliphatic carbocycles. The molecule has 9 unspecified atom stereocenters. The fourth-order valence-electron chi connectivity index (χ4n) is 8.76. The van der Waals surface area contributed by atoms with Gasteiger partial charge in [-0.1, -0.05) is 97.4 Å². The van der Waals surface area contributed by atoms with Crippen LogP contribution in [0.5, 0.6) is 5.75 Å². The number of likely N-dealkylation sites (tertiary alicyclic amines) is 1. The number of hydrogen-bond donors (Lipinski definition) is 3. The molecule has 0 radical (unpaired) electrons. The lowest BCUT2D eigenvalue weighted by atomic mass is 9.89. The highest BCUT2D eigenvalue weighted by molar-refractivity contribution is 5.90.